The van der Waals surface area contributed by atoms with Crippen LogP contribution >= 0.6 is 15.9 Å². The van der Waals surface area contributed by atoms with E-state index >= 15 is 0 Å². The molecule has 0 aromatic heterocycles. The molecule has 0 amide bonds. The Bertz CT molecular complexity index is 348. The molecule has 0 heterocycles. The Balaban J connectivity index is 2.70. The van der Waals surface area contributed by atoms with Gasteiger partial charge in [0.15, 0.2) is 0 Å². The first-order chi connectivity index (χ1) is 7.58. The van der Waals surface area contributed by atoms with E-state index in [0.717, 1.165) is 17.3 Å². The second kappa shape index (κ2) is 6.38. The summed E-state index contributed by atoms with van der Waals surface area (Å²) in [5.41, 5.74) is 9.48. The molecule has 1 aromatic rings. The van der Waals surface area contributed by atoms with Crippen LogP contribution in [0.5, 0.6) is 0 Å². The van der Waals surface area contributed by atoms with E-state index in [-0.39, 0.29) is 12.5 Å². The lowest BCUT2D eigenvalue weighted by Crippen LogP contribution is -2.18. The van der Waals surface area contributed by atoms with Crippen molar-refractivity contribution in [2.24, 2.45) is 11.7 Å². The number of nitrogens with two attached hydrogens (primary N) is 1. The van der Waals surface area contributed by atoms with Crippen LogP contribution < -0.4 is 5.73 Å². The van der Waals surface area contributed by atoms with Crippen LogP contribution in [0.3, 0.4) is 0 Å². The van der Waals surface area contributed by atoms with Crippen molar-refractivity contribution in [3.63, 3.8) is 0 Å². The number of halogens is 1. The van der Waals surface area contributed by atoms with Gasteiger partial charge in [-0.25, -0.2) is 0 Å². The van der Waals surface area contributed by atoms with E-state index in [9.17, 15) is 0 Å². The van der Waals surface area contributed by atoms with Crippen LogP contribution in [0.25, 0.3) is 0 Å². The summed E-state index contributed by atoms with van der Waals surface area (Å²) in [7, 11) is 0. The molecular weight excluding hydrogens is 266 g/mol. The van der Waals surface area contributed by atoms with Crippen molar-refractivity contribution < 1.29 is 5.11 Å². The van der Waals surface area contributed by atoms with Gasteiger partial charge < -0.3 is 10.8 Å². The van der Waals surface area contributed by atoms with Crippen molar-refractivity contribution in [2.45, 2.75) is 26.7 Å². The Morgan fingerprint density at radius 2 is 1.94 bits per heavy atom. The molecule has 1 rings (SSSR count). The molecule has 90 valence electrons. The molecule has 0 aliphatic rings. The number of aliphatic hydroxyl groups excluding tert-OH is 1. The Labute approximate surface area is 106 Å². The molecule has 0 fully saturated rings. The molecule has 0 aliphatic heterocycles. The SMILES string of the molecule is Cc1cc(Br)c(CCC(CN)CO)cc1C. The number of hydrogen-bond acceptors (Lipinski definition) is 2. The van der Waals surface area contributed by atoms with Gasteiger partial charge >= 0.3 is 0 Å². The van der Waals surface area contributed by atoms with Crippen molar-refractivity contribution in [3.05, 3.63) is 33.3 Å². The largest absolute Gasteiger partial charge is 0.396 e. The van der Waals surface area contributed by atoms with Crippen LogP contribution in [0.2, 0.25) is 0 Å². The van der Waals surface area contributed by atoms with Gasteiger partial charge in [0.2, 0.25) is 0 Å². The summed E-state index contributed by atoms with van der Waals surface area (Å²) < 4.78 is 1.16. The van der Waals surface area contributed by atoms with E-state index in [2.05, 4.69) is 41.9 Å². The third kappa shape index (κ3) is 3.58. The van der Waals surface area contributed by atoms with Crippen LogP contribution in [0.15, 0.2) is 16.6 Å². The molecule has 1 atom stereocenters. The average molecular weight is 286 g/mol. The van der Waals surface area contributed by atoms with Crippen LogP contribution in [0.4, 0.5) is 0 Å². The summed E-state index contributed by atoms with van der Waals surface area (Å²) in [5, 5.41) is 9.08. The summed E-state index contributed by atoms with van der Waals surface area (Å²) in [4.78, 5) is 0. The number of rotatable bonds is 5. The van der Waals surface area contributed by atoms with Crippen LogP contribution in [-0.2, 0) is 6.42 Å². The highest BCUT2D eigenvalue weighted by molar-refractivity contribution is 9.10. The van der Waals surface area contributed by atoms with Crippen LogP contribution in [0.1, 0.15) is 23.1 Å². The fourth-order valence-electron chi connectivity index (χ4n) is 1.68. The van der Waals surface area contributed by atoms with Crippen molar-refractivity contribution in [1.82, 2.24) is 0 Å². The standard InChI is InChI=1S/C13H20BrNO/c1-9-5-12(13(14)6-10(9)2)4-3-11(7-15)8-16/h5-6,11,16H,3-4,7-8,15H2,1-2H3. The maximum Gasteiger partial charge on any atom is 0.0471 e. The Kier molecular flexibility index (Phi) is 5.46. The molecule has 2 nitrogen and oxygen atoms in total. The van der Waals surface area contributed by atoms with E-state index in [1.165, 1.54) is 16.7 Å². The minimum atomic E-state index is 0.180. The highest BCUT2D eigenvalue weighted by Crippen LogP contribution is 2.23. The molecular formula is C13H20BrNO. The summed E-state index contributed by atoms with van der Waals surface area (Å²) in [6, 6.07) is 4.37. The second-order valence-electron chi connectivity index (χ2n) is 4.35. The molecule has 0 aliphatic carbocycles. The smallest absolute Gasteiger partial charge is 0.0471 e. The van der Waals surface area contributed by atoms with Crippen LogP contribution in [-0.4, -0.2) is 18.3 Å². The van der Waals surface area contributed by atoms with Gasteiger partial charge in [-0.1, -0.05) is 22.0 Å². The molecule has 1 aromatic carbocycles. The minimum Gasteiger partial charge on any atom is -0.396 e. The zero-order valence-electron chi connectivity index (χ0n) is 9.96. The predicted octanol–water partition coefficient (Wildman–Crippen LogP) is 2.57. The molecule has 0 spiro atoms. The predicted molar refractivity (Wildman–Crippen MR) is 71.6 cm³/mol. The van der Waals surface area contributed by atoms with Crippen LogP contribution in [0, 0.1) is 19.8 Å². The zero-order valence-corrected chi connectivity index (χ0v) is 11.5. The third-order valence-electron chi connectivity index (χ3n) is 3.08. The fraction of sp³-hybridized carbons (Fsp3) is 0.538. The normalized spacial score (nSPS) is 12.8. The quantitative estimate of drug-likeness (QED) is 0.874. The van der Waals surface area contributed by atoms with Gasteiger partial charge in [0.05, 0.1) is 0 Å². The maximum absolute atomic E-state index is 9.08. The van der Waals surface area contributed by atoms with E-state index in [1.54, 1.807) is 0 Å². The van der Waals surface area contributed by atoms with Crippen molar-refractivity contribution in [3.8, 4) is 0 Å². The first kappa shape index (κ1) is 13.7. The highest BCUT2D eigenvalue weighted by Gasteiger charge is 2.08. The third-order valence-corrected chi connectivity index (χ3v) is 3.81. The lowest BCUT2D eigenvalue weighted by molar-refractivity contribution is 0.223. The molecule has 0 saturated heterocycles. The maximum atomic E-state index is 9.08. The Morgan fingerprint density at radius 3 is 2.50 bits per heavy atom. The zero-order chi connectivity index (χ0) is 12.1. The molecule has 0 radical (unpaired) electrons. The van der Waals surface area contributed by atoms with Gasteiger partial charge in [-0.15, -0.1) is 0 Å². The molecule has 3 heteroatoms. The summed E-state index contributed by atoms with van der Waals surface area (Å²) >= 11 is 3.58. The Hall–Kier alpha value is -0.380. The summed E-state index contributed by atoms with van der Waals surface area (Å²) in [6.07, 6.45) is 1.90. The summed E-state index contributed by atoms with van der Waals surface area (Å²) in [6.45, 7) is 4.97. The molecule has 16 heavy (non-hydrogen) atoms. The van der Waals surface area contributed by atoms with Crippen molar-refractivity contribution >= 4 is 15.9 Å². The first-order valence-corrected chi connectivity index (χ1v) is 6.44. The van der Waals surface area contributed by atoms with E-state index in [0.29, 0.717) is 6.54 Å². The molecule has 1 unspecified atom stereocenters. The Morgan fingerprint density at radius 1 is 1.31 bits per heavy atom. The second-order valence-corrected chi connectivity index (χ2v) is 5.21. The van der Waals surface area contributed by atoms with Gasteiger partial charge in [-0.3, -0.25) is 0 Å². The molecule has 0 saturated carbocycles. The number of aryl methyl sites for hydroxylation is 3. The van der Waals surface area contributed by atoms with E-state index < -0.39 is 0 Å². The molecule has 3 N–H and O–H groups in total. The van der Waals surface area contributed by atoms with Gasteiger partial charge in [0.1, 0.15) is 0 Å². The monoisotopic (exact) mass is 285 g/mol. The number of benzene rings is 1. The van der Waals surface area contributed by atoms with E-state index in [1.807, 2.05) is 0 Å². The van der Waals surface area contributed by atoms with Gasteiger partial charge in [-0.2, -0.15) is 0 Å². The van der Waals surface area contributed by atoms with Crippen molar-refractivity contribution in [1.29, 1.82) is 0 Å². The van der Waals surface area contributed by atoms with Crippen molar-refractivity contribution in [2.75, 3.05) is 13.2 Å². The van der Waals surface area contributed by atoms with Gasteiger partial charge in [0, 0.05) is 11.1 Å². The van der Waals surface area contributed by atoms with E-state index in [4.69, 9.17) is 10.8 Å². The topological polar surface area (TPSA) is 46.2 Å². The first-order valence-electron chi connectivity index (χ1n) is 5.65. The lowest BCUT2D eigenvalue weighted by atomic mass is 9.98. The number of hydrogen-bond donors (Lipinski definition) is 2. The minimum absolute atomic E-state index is 0.180. The average Bonchev–Trinajstić information content (AvgIpc) is 2.26. The highest BCUT2D eigenvalue weighted by atomic mass is 79.9. The molecule has 0 bridgehead atoms. The number of aliphatic hydroxyl groups is 1. The summed E-state index contributed by atoms with van der Waals surface area (Å²) in [5.74, 6) is 0.216. The fourth-order valence-corrected chi connectivity index (χ4v) is 2.33. The van der Waals surface area contributed by atoms with Gasteiger partial charge in [0.25, 0.3) is 0 Å². The van der Waals surface area contributed by atoms with Gasteiger partial charge in [-0.05, 0) is 61.9 Å². The lowest BCUT2D eigenvalue weighted by Gasteiger charge is -2.13.